The van der Waals surface area contributed by atoms with Gasteiger partial charge in [-0.05, 0) is 29.8 Å². The first-order valence-electron chi connectivity index (χ1n) is 5.76. The van der Waals surface area contributed by atoms with E-state index in [1.54, 1.807) is 16.8 Å². The van der Waals surface area contributed by atoms with E-state index in [4.69, 9.17) is 5.73 Å². The van der Waals surface area contributed by atoms with Crippen molar-refractivity contribution in [2.24, 2.45) is 0 Å². The van der Waals surface area contributed by atoms with Gasteiger partial charge in [-0.2, -0.15) is 0 Å². The maximum absolute atomic E-state index is 12.0. The molecule has 0 radical (unpaired) electrons. The van der Waals surface area contributed by atoms with E-state index in [2.05, 4.69) is 25.9 Å². The van der Waals surface area contributed by atoms with Crippen LogP contribution < -0.4 is 10.6 Å². The fourth-order valence-electron chi connectivity index (χ4n) is 1.59. The van der Waals surface area contributed by atoms with Crippen LogP contribution in [0.15, 0.2) is 10.8 Å². The summed E-state index contributed by atoms with van der Waals surface area (Å²) >= 11 is 3.33. The largest absolute Gasteiger partial charge is 0.383 e. The van der Waals surface area contributed by atoms with Gasteiger partial charge < -0.3 is 15.5 Å². The average Bonchev–Trinajstić information content (AvgIpc) is 2.34. The predicted octanol–water partition coefficient (Wildman–Crippen LogP) is 1.13. The van der Waals surface area contributed by atoms with Gasteiger partial charge in [0.05, 0.1) is 6.54 Å². The molecule has 0 aliphatic rings. The molecule has 0 saturated heterocycles. The van der Waals surface area contributed by atoms with Crippen LogP contribution in [0.1, 0.15) is 13.8 Å². The molecule has 0 saturated carbocycles. The molecule has 7 heteroatoms. The third kappa shape index (κ3) is 3.32. The number of nitrogens with two attached hydrogens (primary N) is 1. The molecule has 1 aromatic heterocycles. The van der Waals surface area contributed by atoms with Gasteiger partial charge in [0.2, 0.25) is 5.91 Å². The Morgan fingerprint density at radius 3 is 2.56 bits per heavy atom. The van der Waals surface area contributed by atoms with E-state index in [0.29, 0.717) is 29.2 Å². The second-order valence-electron chi connectivity index (χ2n) is 3.82. The second-order valence-corrected chi connectivity index (χ2v) is 4.61. The lowest BCUT2D eigenvalue weighted by Crippen LogP contribution is -2.39. The first kappa shape index (κ1) is 14.7. The fraction of sp³-hybridized carbons (Fsp3) is 0.545. The van der Waals surface area contributed by atoms with Crippen LogP contribution in [0, 0.1) is 0 Å². The third-order valence-corrected chi connectivity index (χ3v) is 3.41. The van der Waals surface area contributed by atoms with Crippen molar-refractivity contribution in [3.8, 4) is 0 Å². The highest BCUT2D eigenvalue weighted by Gasteiger charge is 2.16. The molecule has 2 N–H and O–H groups in total. The van der Waals surface area contributed by atoms with Crippen molar-refractivity contribution in [1.29, 1.82) is 0 Å². The van der Waals surface area contributed by atoms with Crippen LogP contribution in [0.4, 0.5) is 11.6 Å². The molecule has 0 aliphatic heterocycles. The minimum atomic E-state index is 0.0617. The molecule has 0 bridgehead atoms. The van der Waals surface area contributed by atoms with Crippen molar-refractivity contribution in [3.05, 3.63) is 10.8 Å². The second kappa shape index (κ2) is 6.53. The quantitative estimate of drug-likeness (QED) is 0.881. The molecule has 0 spiro atoms. The Hall–Kier alpha value is -1.37. The fourth-order valence-corrected chi connectivity index (χ4v) is 2.10. The number of hydrogen-bond donors (Lipinski definition) is 1. The molecule has 1 aromatic rings. The van der Waals surface area contributed by atoms with Crippen molar-refractivity contribution in [3.63, 3.8) is 0 Å². The van der Waals surface area contributed by atoms with E-state index < -0.39 is 0 Å². The minimum Gasteiger partial charge on any atom is -0.383 e. The van der Waals surface area contributed by atoms with Gasteiger partial charge >= 0.3 is 0 Å². The highest BCUT2D eigenvalue weighted by Crippen LogP contribution is 2.26. The average molecular weight is 316 g/mol. The summed E-state index contributed by atoms with van der Waals surface area (Å²) in [4.78, 5) is 23.5. The Morgan fingerprint density at radius 2 is 2.00 bits per heavy atom. The maximum Gasteiger partial charge on any atom is 0.242 e. The van der Waals surface area contributed by atoms with E-state index in [0.717, 1.165) is 0 Å². The van der Waals surface area contributed by atoms with Crippen LogP contribution in [0.2, 0.25) is 0 Å². The lowest BCUT2D eigenvalue weighted by molar-refractivity contribution is -0.129. The number of carbonyl (C=O) groups excluding carboxylic acids is 1. The zero-order valence-corrected chi connectivity index (χ0v) is 12.4. The molecule has 6 nitrogen and oxygen atoms in total. The first-order valence-corrected chi connectivity index (χ1v) is 6.55. The van der Waals surface area contributed by atoms with E-state index in [1.807, 2.05) is 13.8 Å². The Morgan fingerprint density at radius 1 is 1.39 bits per heavy atom. The first-order chi connectivity index (χ1) is 8.51. The maximum atomic E-state index is 12.0. The van der Waals surface area contributed by atoms with Gasteiger partial charge in [-0.1, -0.05) is 0 Å². The monoisotopic (exact) mass is 315 g/mol. The predicted molar refractivity (Wildman–Crippen MR) is 75.3 cm³/mol. The van der Waals surface area contributed by atoms with Crippen LogP contribution in [-0.2, 0) is 4.79 Å². The summed E-state index contributed by atoms with van der Waals surface area (Å²) in [6, 6.07) is 0. The third-order valence-electron chi connectivity index (χ3n) is 2.65. The number of halogens is 1. The number of nitrogens with zero attached hydrogens (tertiary/aromatic N) is 4. The molecule has 100 valence electrons. The summed E-state index contributed by atoms with van der Waals surface area (Å²) < 4.78 is 0.611. The number of likely N-dealkylation sites (N-methyl/N-ethyl adjacent to an activating group) is 2. The molecule has 1 amide bonds. The summed E-state index contributed by atoms with van der Waals surface area (Å²) in [5.74, 6) is 1.04. The SMILES string of the molecule is CCN(CC)C(=O)CN(C)c1ncnc(N)c1Br. The highest BCUT2D eigenvalue weighted by molar-refractivity contribution is 9.10. The molecular formula is C11H18BrN5O. The van der Waals surface area contributed by atoms with E-state index >= 15 is 0 Å². The van der Waals surface area contributed by atoms with Gasteiger partial charge in [0.25, 0.3) is 0 Å². The van der Waals surface area contributed by atoms with E-state index in [9.17, 15) is 4.79 Å². The number of aromatic nitrogens is 2. The van der Waals surface area contributed by atoms with Gasteiger partial charge in [-0.3, -0.25) is 4.79 Å². The van der Waals surface area contributed by atoms with Gasteiger partial charge in [-0.25, -0.2) is 9.97 Å². The van der Waals surface area contributed by atoms with Crippen molar-refractivity contribution >= 4 is 33.5 Å². The van der Waals surface area contributed by atoms with Crippen molar-refractivity contribution in [2.75, 3.05) is 37.3 Å². The molecule has 1 rings (SSSR count). The van der Waals surface area contributed by atoms with Crippen molar-refractivity contribution < 1.29 is 4.79 Å². The summed E-state index contributed by atoms with van der Waals surface area (Å²) in [6.45, 7) is 5.59. The minimum absolute atomic E-state index is 0.0617. The summed E-state index contributed by atoms with van der Waals surface area (Å²) in [6.07, 6.45) is 1.38. The number of carbonyl (C=O) groups is 1. The number of anilines is 2. The number of nitrogen functional groups attached to an aromatic ring is 1. The van der Waals surface area contributed by atoms with Crippen molar-refractivity contribution in [2.45, 2.75) is 13.8 Å². The zero-order chi connectivity index (χ0) is 13.7. The summed E-state index contributed by atoms with van der Waals surface area (Å²) in [5, 5.41) is 0. The highest BCUT2D eigenvalue weighted by atomic mass is 79.9. The molecule has 0 aromatic carbocycles. The van der Waals surface area contributed by atoms with Crippen LogP contribution >= 0.6 is 15.9 Å². The lowest BCUT2D eigenvalue weighted by atomic mass is 10.4. The summed E-state index contributed by atoms with van der Waals surface area (Å²) in [7, 11) is 1.80. The number of amides is 1. The molecule has 18 heavy (non-hydrogen) atoms. The number of hydrogen-bond acceptors (Lipinski definition) is 5. The van der Waals surface area contributed by atoms with E-state index in [1.165, 1.54) is 6.33 Å². The molecule has 0 aliphatic carbocycles. The van der Waals surface area contributed by atoms with Crippen LogP contribution in [-0.4, -0.2) is 47.5 Å². The van der Waals surface area contributed by atoms with E-state index in [-0.39, 0.29) is 12.5 Å². The van der Waals surface area contributed by atoms with Gasteiger partial charge in [-0.15, -0.1) is 0 Å². The normalized spacial score (nSPS) is 10.2. The Kier molecular flexibility index (Phi) is 5.33. The van der Waals surface area contributed by atoms with Gasteiger partial charge in [0, 0.05) is 20.1 Å². The van der Waals surface area contributed by atoms with Crippen molar-refractivity contribution in [1.82, 2.24) is 14.9 Å². The zero-order valence-electron chi connectivity index (χ0n) is 10.9. The molecule has 1 heterocycles. The lowest BCUT2D eigenvalue weighted by Gasteiger charge is -2.24. The Balaban J connectivity index is 2.79. The standard InChI is InChI=1S/C11H18BrN5O/c1-4-17(5-2)8(18)6-16(3)11-9(12)10(13)14-7-15-11/h7H,4-6H2,1-3H3,(H2,13,14,15). The van der Waals surface area contributed by atoms with Crippen LogP contribution in [0.5, 0.6) is 0 Å². The van der Waals surface area contributed by atoms with Crippen LogP contribution in [0.3, 0.4) is 0 Å². The Bertz CT molecular complexity index is 422. The molecule has 0 fully saturated rings. The summed E-state index contributed by atoms with van der Waals surface area (Å²) in [5.41, 5.74) is 5.68. The molecular weight excluding hydrogens is 298 g/mol. The topological polar surface area (TPSA) is 75.4 Å². The van der Waals surface area contributed by atoms with Gasteiger partial charge in [0.1, 0.15) is 22.4 Å². The smallest absolute Gasteiger partial charge is 0.242 e. The Labute approximate surface area is 115 Å². The van der Waals surface area contributed by atoms with Gasteiger partial charge in [0.15, 0.2) is 0 Å². The molecule has 0 atom stereocenters. The molecule has 0 unspecified atom stereocenters. The van der Waals surface area contributed by atoms with Crippen LogP contribution in [0.25, 0.3) is 0 Å². The number of rotatable bonds is 5.